The minimum atomic E-state index is -4.52. The van der Waals surface area contributed by atoms with Crippen molar-refractivity contribution in [2.75, 3.05) is 13.1 Å². The number of halogens is 3. The Kier molecular flexibility index (Phi) is 4.92. The third-order valence-corrected chi connectivity index (χ3v) is 4.03. The van der Waals surface area contributed by atoms with Gasteiger partial charge in [0.15, 0.2) is 0 Å². The Bertz CT molecular complexity index is 729. The molecule has 0 N–H and O–H groups in total. The van der Waals surface area contributed by atoms with Crippen molar-refractivity contribution in [2.24, 2.45) is 0 Å². The second-order valence-corrected chi connectivity index (χ2v) is 5.88. The molecule has 1 aromatic heterocycles. The van der Waals surface area contributed by atoms with E-state index in [-0.39, 0.29) is 19.0 Å². The largest absolute Gasteiger partial charge is 0.470 e. The molecule has 132 valence electrons. The topological polar surface area (TPSA) is 42.4 Å². The van der Waals surface area contributed by atoms with Crippen LogP contribution in [0.1, 0.15) is 17.5 Å². The van der Waals surface area contributed by atoms with E-state index in [1.807, 2.05) is 30.3 Å². The molecule has 0 bridgehead atoms. The lowest BCUT2D eigenvalue weighted by molar-refractivity contribution is -0.145. The minimum absolute atomic E-state index is 0.0271. The van der Waals surface area contributed by atoms with Gasteiger partial charge in [0.05, 0.1) is 13.1 Å². The molecule has 1 aromatic carbocycles. The first-order chi connectivity index (χ1) is 11.9. The molecule has 7 heteroatoms. The number of nitrogens with zero attached hydrogens (tertiary/aromatic N) is 2. The van der Waals surface area contributed by atoms with Crippen LogP contribution in [-0.2, 0) is 17.4 Å². The Hall–Kier alpha value is -2.57. The smallest absolute Gasteiger partial charge is 0.421 e. The zero-order valence-electron chi connectivity index (χ0n) is 13.4. The van der Waals surface area contributed by atoms with Crippen LogP contribution in [0.2, 0.25) is 0 Å². The molecule has 0 aliphatic carbocycles. The Morgan fingerprint density at radius 3 is 2.56 bits per heavy atom. The summed E-state index contributed by atoms with van der Waals surface area (Å²) in [5.41, 5.74) is 0.177. The number of hydrogen-bond donors (Lipinski definition) is 0. The summed E-state index contributed by atoms with van der Waals surface area (Å²) in [5, 5.41) is 0. The molecule has 0 atom stereocenters. The summed E-state index contributed by atoms with van der Waals surface area (Å²) in [5.74, 6) is -0.461. The number of pyridine rings is 1. The molecule has 1 aliphatic heterocycles. The number of ether oxygens (including phenoxy) is 1. The number of amides is 1. The Labute approximate surface area is 143 Å². The maximum absolute atomic E-state index is 12.9. The molecule has 25 heavy (non-hydrogen) atoms. The van der Waals surface area contributed by atoms with Crippen LogP contribution in [0.5, 0.6) is 5.88 Å². The summed E-state index contributed by atoms with van der Waals surface area (Å²) >= 11 is 0. The van der Waals surface area contributed by atoms with Crippen LogP contribution in [-0.4, -0.2) is 35.0 Å². The quantitative estimate of drug-likeness (QED) is 0.831. The molecule has 0 unspecified atom stereocenters. The number of aryl methyl sites for hydroxylation is 1. The van der Waals surface area contributed by atoms with Gasteiger partial charge in [-0.05, 0) is 24.1 Å². The van der Waals surface area contributed by atoms with Crippen LogP contribution < -0.4 is 4.74 Å². The highest BCUT2D eigenvalue weighted by atomic mass is 19.4. The van der Waals surface area contributed by atoms with Gasteiger partial charge in [-0.3, -0.25) is 4.79 Å². The lowest BCUT2D eigenvalue weighted by Crippen LogP contribution is -2.56. The minimum Gasteiger partial charge on any atom is -0.470 e. The molecule has 2 heterocycles. The summed E-state index contributed by atoms with van der Waals surface area (Å²) in [4.78, 5) is 17.4. The molecule has 1 aliphatic rings. The highest BCUT2D eigenvalue weighted by molar-refractivity contribution is 5.77. The van der Waals surface area contributed by atoms with E-state index in [4.69, 9.17) is 4.74 Å². The van der Waals surface area contributed by atoms with Gasteiger partial charge >= 0.3 is 6.18 Å². The van der Waals surface area contributed by atoms with Gasteiger partial charge in [0.25, 0.3) is 0 Å². The highest BCUT2D eigenvalue weighted by Crippen LogP contribution is 2.35. The number of hydrogen-bond acceptors (Lipinski definition) is 3. The first-order valence-electron chi connectivity index (χ1n) is 7.94. The van der Waals surface area contributed by atoms with Gasteiger partial charge in [0.2, 0.25) is 11.8 Å². The number of carbonyl (C=O) groups is 1. The predicted octanol–water partition coefficient (Wildman–Crippen LogP) is 3.32. The average molecular weight is 350 g/mol. The first-order valence-corrected chi connectivity index (χ1v) is 7.94. The fourth-order valence-corrected chi connectivity index (χ4v) is 2.63. The third-order valence-electron chi connectivity index (χ3n) is 4.03. The lowest BCUT2D eigenvalue weighted by Gasteiger charge is -2.39. The van der Waals surface area contributed by atoms with Gasteiger partial charge in [-0.1, -0.05) is 30.3 Å². The third kappa shape index (κ3) is 4.29. The molecule has 0 saturated carbocycles. The number of aromatic nitrogens is 1. The zero-order chi connectivity index (χ0) is 17.9. The summed E-state index contributed by atoms with van der Waals surface area (Å²) in [7, 11) is 0. The molecule has 1 fully saturated rings. The molecular weight excluding hydrogens is 333 g/mol. The molecule has 0 radical (unpaired) electrons. The van der Waals surface area contributed by atoms with Crippen LogP contribution >= 0.6 is 0 Å². The van der Waals surface area contributed by atoms with Crippen LogP contribution in [0.15, 0.2) is 48.7 Å². The van der Waals surface area contributed by atoms with E-state index in [9.17, 15) is 18.0 Å². The zero-order valence-corrected chi connectivity index (χ0v) is 13.4. The van der Waals surface area contributed by atoms with Crippen molar-refractivity contribution < 1.29 is 22.7 Å². The van der Waals surface area contributed by atoms with Crippen molar-refractivity contribution in [1.82, 2.24) is 9.88 Å². The first kappa shape index (κ1) is 17.3. The van der Waals surface area contributed by atoms with Crippen molar-refractivity contribution in [1.29, 1.82) is 0 Å². The van der Waals surface area contributed by atoms with Gasteiger partial charge in [0.1, 0.15) is 11.7 Å². The highest BCUT2D eigenvalue weighted by Gasteiger charge is 2.38. The van der Waals surface area contributed by atoms with Crippen molar-refractivity contribution in [3.63, 3.8) is 0 Å². The van der Waals surface area contributed by atoms with E-state index < -0.39 is 23.7 Å². The summed E-state index contributed by atoms with van der Waals surface area (Å²) in [6, 6.07) is 11.8. The molecule has 3 rings (SSSR count). The Morgan fingerprint density at radius 2 is 1.88 bits per heavy atom. The average Bonchev–Trinajstić information content (AvgIpc) is 2.56. The van der Waals surface area contributed by atoms with Crippen molar-refractivity contribution in [3.8, 4) is 5.88 Å². The molecule has 4 nitrogen and oxygen atoms in total. The van der Waals surface area contributed by atoms with E-state index in [1.54, 1.807) is 4.90 Å². The molecule has 2 aromatic rings. The van der Waals surface area contributed by atoms with Gasteiger partial charge in [-0.15, -0.1) is 0 Å². The van der Waals surface area contributed by atoms with Crippen molar-refractivity contribution in [2.45, 2.75) is 25.1 Å². The maximum Gasteiger partial charge on any atom is 0.421 e. The van der Waals surface area contributed by atoms with Crippen LogP contribution in [0, 0.1) is 0 Å². The monoisotopic (exact) mass is 350 g/mol. The molecule has 1 amide bonds. The number of rotatable bonds is 5. The van der Waals surface area contributed by atoms with Crippen molar-refractivity contribution in [3.05, 3.63) is 59.8 Å². The van der Waals surface area contributed by atoms with Crippen molar-refractivity contribution >= 4 is 5.91 Å². The number of benzene rings is 1. The number of likely N-dealkylation sites (tertiary alicyclic amines) is 1. The van der Waals surface area contributed by atoms with E-state index in [0.29, 0.717) is 12.8 Å². The van der Waals surface area contributed by atoms with E-state index >= 15 is 0 Å². The normalized spacial score (nSPS) is 14.9. The standard InChI is InChI=1S/C18H17F3N2O2/c19-18(20,21)15-7-4-10-22-17(15)25-14-11-23(12-14)16(24)9-8-13-5-2-1-3-6-13/h1-7,10,14H,8-9,11-12H2. The SMILES string of the molecule is O=C(CCc1ccccc1)N1CC(Oc2ncccc2C(F)(F)F)C1. The lowest BCUT2D eigenvalue weighted by atomic mass is 10.1. The summed E-state index contributed by atoms with van der Waals surface area (Å²) in [6.45, 7) is 0.559. The summed E-state index contributed by atoms with van der Waals surface area (Å²) in [6.07, 6.45) is -2.71. The number of carbonyl (C=O) groups excluding carboxylic acids is 1. The maximum atomic E-state index is 12.9. The predicted molar refractivity (Wildman–Crippen MR) is 85.0 cm³/mol. The molecule has 1 saturated heterocycles. The number of alkyl halides is 3. The second-order valence-electron chi connectivity index (χ2n) is 5.88. The Morgan fingerprint density at radius 1 is 1.16 bits per heavy atom. The van der Waals surface area contributed by atoms with Crippen LogP contribution in [0.25, 0.3) is 0 Å². The van der Waals surface area contributed by atoms with Gasteiger partial charge < -0.3 is 9.64 Å². The van der Waals surface area contributed by atoms with E-state index in [1.165, 1.54) is 12.3 Å². The fourth-order valence-electron chi connectivity index (χ4n) is 2.63. The van der Waals surface area contributed by atoms with Gasteiger partial charge in [-0.2, -0.15) is 13.2 Å². The molecular formula is C18H17F3N2O2. The summed E-state index contributed by atoms with van der Waals surface area (Å²) < 4.78 is 44.0. The van der Waals surface area contributed by atoms with E-state index in [2.05, 4.69) is 4.98 Å². The second kappa shape index (κ2) is 7.13. The van der Waals surface area contributed by atoms with Crippen LogP contribution in [0.4, 0.5) is 13.2 Å². The molecule has 0 spiro atoms. The van der Waals surface area contributed by atoms with Crippen LogP contribution in [0.3, 0.4) is 0 Å². The fraction of sp³-hybridized carbons (Fsp3) is 0.333. The van der Waals surface area contributed by atoms with Gasteiger partial charge in [-0.25, -0.2) is 4.98 Å². The van der Waals surface area contributed by atoms with E-state index in [0.717, 1.165) is 11.6 Å². The van der Waals surface area contributed by atoms with Gasteiger partial charge in [0, 0.05) is 12.6 Å². The Balaban J connectivity index is 1.49.